The molecule has 5 aliphatic rings. The first-order valence-corrected chi connectivity index (χ1v) is 14.4. The number of nitrogens with zero attached hydrogens (tertiary/aromatic N) is 1. The maximum atomic E-state index is 14.5. The van der Waals surface area contributed by atoms with E-state index in [-0.39, 0.29) is 44.9 Å². The highest BCUT2D eigenvalue weighted by atomic mass is 16.5. The molecule has 5 heteroatoms. The number of ketones is 1. The Hall–Kier alpha value is -1.91. The van der Waals surface area contributed by atoms with Gasteiger partial charge in [-0.05, 0) is 97.9 Å². The molecule has 37 heavy (non-hydrogen) atoms. The summed E-state index contributed by atoms with van der Waals surface area (Å²) in [5.41, 5.74) is 1.68. The molecule has 0 unspecified atom stereocenters. The summed E-state index contributed by atoms with van der Waals surface area (Å²) in [5.74, 6) is 1.80. The number of allylic oxidation sites excluding steroid dienone is 2. The highest BCUT2D eigenvalue weighted by Crippen LogP contribution is 2.74. The lowest BCUT2D eigenvalue weighted by atomic mass is 9.33. The lowest BCUT2D eigenvalue weighted by molar-refractivity contribution is -0.175. The van der Waals surface area contributed by atoms with E-state index >= 15 is 0 Å². The largest absolute Gasteiger partial charge is 0.469 e. The fourth-order valence-corrected chi connectivity index (χ4v) is 10.9. The lowest BCUT2D eigenvalue weighted by Crippen LogP contribution is -2.66. The molecular weight excluding hydrogens is 462 g/mol. The summed E-state index contributed by atoms with van der Waals surface area (Å²) >= 11 is 0. The number of hydrogen-bond donors (Lipinski definition) is 0. The van der Waals surface area contributed by atoms with Gasteiger partial charge in [-0.3, -0.25) is 9.59 Å². The topological polar surface area (TPSA) is 69.4 Å². The highest BCUT2D eigenvalue weighted by molar-refractivity contribution is 5.96. The zero-order chi connectivity index (χ0) is 26.8. The summed E-state index contributed by atoms with van der Waals surface area (Å²) in [5, 5.41) is 4.19. The predicted octanol–water partition coefficient (Wildman–Crippen LogP) is 6.84. The van der Waals surface area contributed by atoms with Crippen molar-refractivity contribution in [3.63, 3.8) is 0 Å². The SMILES string of the molecule is COC(=O)[C@@]1(C)CC[C@]2(C)CC[C@@]3(C)C(=CC(=O)[C@@H]4[C@@]5(C)Cc6cnoc6C(C)(C)[C@@H]5CC[C@]43C)[C@@H]2C1. The quantitative estimate of drug-likeness (QED) is 0.389. The molecule has 3 saturated carbocycles. The van der Waals surface area contributed by atoms with Crippen LogP contribution in [-0.2, 0) is 26.2 Å². The average Bonchev–Trinajstić information content (AvgIpc) is 3.29. The first-order valence-electron chi connectivity index (χ1n) is 14.4. The Labute approximate surface area is 222 Å². The zero-order valence-electron chi connectivity index (χ0n) is 24.1. The Balaban J connectivity index is 1.47. The molecule has 1 heterocycles. The average molecular weight is 508 g/mol. The fraction of sp³-hybridized carbons (Fsp3) is 0.781. The highest BCUT2D eigenvalue weighted by Gasteiger charge is 2.70. The number of aromatic nitrogens is 1. The molecule has 6 rings (SSSR count). The van der Waals surface area contributed by atoms with Crippen LogP contribution in [0.15, 0.2) is 22.4 Å². The number of fused-ring (bicyclic) bond motifs is 8. The van der Waals surface area contributed by atoms with Gasteiger partial charge in [-0.15, -0.1) is 0 Å². The van der Waals surface area contributed by atoms with Crippen LogP contribution < -0.4 is 0 Å². The Morgan fingerprint density at radius 2 is 1.73 bits per heavy atom. The maximum absolute atomic E-state index is 14.5. The molecule has 5 aliphatic carbocycles. The van der Waals surface area contributed by atoms with Crippen molar-refractivity contribution in [2.24, 2.45) is 44.8 Å². The van der Waals surface area contributed by atoms with Gasteiger partial charge >= 0.3 is 5.97 Å². The second-order valence-electron chi connectivity index (χ2n) is 15.3. The molecule has 0 bridgehead atoms. The third-order valence-corrected chi connectivity index (χ3v) is 13.2. The van der Waals surface area contributed by atoms with Crippen molar-refractivity contribution in [1.29, 1.82) is 0 Å². The van der Waals surface area contributed by atoms with Crippen molar-refractivity contribution in [1.82, 2.24) is 5.16 Å². The van der Waals surface area contributed by atoms with Gasteiger partial charge in [0.05, 0.1) is 18.7 Å². The van der Waals surface area contributed by atoms with E-state index in [2.05, 4.69) is 59.7 Å². The second-order valence-corrected chi connectivity index (χ2v) is 15.3. The van der Waals surface area contributed by atoms with Crippen LogP contribution in [0, 0.1) is 44.8 Å². The van der Waals surface area contributed by atoms with Gasteiger partial charge < -0.3 is 9.26 Å². The number of ether oxygens (including phenoxy) is 1. The molecule has 0 amide bonds. The minimum atomic E-state index is -0.486. The van der Waals surface area contributed by atoms with E-state index in [1.165, 1.54) is 18.2 Å². The number of carbonyl (C=O) groups excluding carboxylic acids is 2. The van der Waals surface area contributed by atoms with Crippen LogP contribution in [0.4, 0.5) is 0 Å². The third kappa shape index (κ3) is 2.95. The molecule has 202 valence electrons. The van der Waals surface area contributed by atoms with Gasteiger partial charge in [-0.1, -0.05) is 52.3 Å². The van der Waals surface area contributed by atoms with Crippen molar-refractivity contribution in [2.45, 2.75) is 105 Å². The molecular formula is C32H45NO4. The van der Waals surface area contributed by atoms with Gasteiger partial charge in [0.2, 0.25) is 0 Å². The molecule has 1 aromatic rings. The Kier molecular flexibility index (Phi) is 5.06. The summed E-state index contributed by atoms with van der Waals surface area (Å²) < 4.78 is 11.1. The summed E-state index contributed by atoms with van der Waals surface area (Å²) in [6.45, 7) is 16.4. The smallest absolute Gasteiger partial charge is 0.311 e. The molecule has 5 nitrogen and oxygen atoms in total. The monoisotopic (exact) mass is 507 g/mol. The van der Waals surface area contributed by atoms with Gasteiger partial charge in [0, 0.05) is 16.9 Å². The second kappa shape index (κ2) is 7.39. The third-order valence-electron chi connectivity index (χ3n) is 13.2. The zero-order valence-corrected chi connectivity index (χ0v) is 24.1. The number of methoxy groups -OCH3 is 1. The number of carbonyl (C=O) groups is 2. The molecule has 3 fully saturated rings. The van der Waals surface area contributed by atoms with Crippen molar-refractivity contribution in [3.8, 4) is 0 Å². The van der Waals surface area contributed by atoms with E-state index < -0.39 is 5.41 Å². The normalized spacial score (nSPS) is 47.9. The van der Waals surface area contributed by atoms with E-state index in [0.717, 1.165) is 57.1 Å². The van der Waals surface area contributed by atoms with E-state index in [1.54, 1.807) is 0 Å². The maximum Gasteiger partial charge on any atom is 0.311 e. The predicted molar refractivity (Wildman–Crippen MR) is 142 cm³/mol. The molecule has 0 radical (unpaired) electrons. The van der Waals surface area contributed by atoms with E-state index in [9.17, 15) is 9.59 Å². The molecule has 1 aromatic heterocycles. The molecule has 8 atom stereocenters. The van der Waals surface area contributed by atoms with Crippen LogP contribution in [-0.4, -0.2) is 24.0 Å². The van der Waals surface area contributed by atoms with Crippen LogP contribution in [0.3, 0.4) is 0 Å². The van der Waals surface area contributed by atoms with E-state index in [1.807, 2.05) is 6.20 Å². The first kappa shape index (κ1) is 25.4. The Morgan fingerprint density at radius 1 is 1.03 bits per heavy atom. The van der Waals surface area contributed by atoms with Crippen LogP contribution in [0.5, 0.6) is 0 Å². The van der Waals surface area contributed by atoms with Crippen LogP contribution >= 0.6 is 0 Å². The standard InChI is InChI=1S/C32H45NO4/c1-27(2)23-9-10-32(7)24(30(23,5)16-19-18-33-37-25(19)27)22(34)15-20-21-17-29(4,26(35)36-8)12-11-28(21,3)13-14-31(20,32)6/h15,18,21,23-24H,9-14,16-17H2,1-8H3/t21-,23-,24+,28+,29-,30-,31-,32+/m0/s1. The summed E-state index contributed by atoms with van der Waals surface area (Å²) in [7, 11) is 1.51. The van der Waals surface area contributed by atoms with Crippen molar-refractivity contribution in [3.05, 3.63) is 29.2 Å². The molecule has 0 saturated heterocycles. The van der Waals surface area contributed by atoms with Crippen LogP contribution in [0.2, 0.25) is 0 Å². The van der Waals surface area contributed by atoms with Crippen molar-refractivity contribution < 1.29 is 18.8 Å². The minimum absolute atomic E-state index is 0.0326. The first-order chi connectivity index (χ1) is 17.2. The van der Waals surface area contributed by atoms with E-state index in [0.29, 0.717) is 11.7 Å². The molecule has 0 aromatic carbocycles. The van der Waals surface area contributed by atoms with Crippen LogP contribution in [0.25, 0.3) is 0 Å². The van der Waals surface area contributed by atoms with Gasteiger partial charge in [-0.2, -0.15) is 0 Å². The van der Waals surface area contributed by atoms with Crippen molar-refractivity contribution >= 4 is 11.8 Å². The number of hydrogen-bond acceptors (Lipinski definition) is 5. The molecule has 0 aliphatic heterocycles. The molecule has 0 N–H and O–H groups in total. The Bertz CT molecular complexity index is 1210. The van der Waals surface area contributed by atoms with Gasteiger partial charge in [0.15, 0.2) is 5.78 Å². The summed E-state index contributed by atoms with van der Waals surface area (Å²) in [6, 6.07) is 0. The van der Waals surface area contributed by atoms with Gasteiger partial charge in [0.25, 0.3) is 0 Å². The Morgan fingerprint density at radius 3 is 2.43 bits per heavy atom. The lowest BCUT2D eigenvalue weighted by Gasteiger charge is -2.69. The van der Waals surface area contributed by atoms with Gasteiger partial charge in [0.1, 0.15) is 5.76 Å². The minimum Gasteiger partial charge on any atom is -0.469 e. The van der Waals surface area contributed by atoms with E-state index in [4.69, 9.17) is 9.26 Å². The summed E-state index contributed by atoms with van der Waals surface area (Å²) in [6.07, 6.45) is 11.9. The van der Waals surface area contributed by atoms with Crippen LogP contribution in [0.1, 0.15) is 105 Å². The molecule has 0 spiro atoms. The number of rotatable bonds is 1. The number of esters is 1. The van der Waals surface area contributed by atoms with Crippen molar-refractivity contribution in [2.75, 3.05) is 7.11 Å². The fourth-order valence-electron chi connectivity index (χ4n) is 10.9. The summed E-state index contributed by atoms with van der Waals surface area (Å²) in [4.78, 5) is 27.4. The van der Waals surface area contributed by atoms with Gasteiger partial charge in [-0.25, -0.2) is 0 Å².